The first-order valence-corrected chi connectivity index (χ1v) is 5.15. The van der Waals surface area contributed by atoms with Gasteiger partial charge in [-0.1, -0.05) is 0 Å². The summed E-state index contributed by atoms with van der Waals surface area (Å²) in [6, 6.07) is -7.25. The molecule has 28 heavy (non-hydrogen) atoms. The fourth-order valence-corrected chi connectivity index (χ4v) is 0.929. The van der Waals surface area contributed by atoms with E-state index < -0.39 is 48.2 Å². The van der Waals surface area contributed by atoms with Crippen molar-refractivity contribution in [3.05, 3.63) is 0 Å². The van der Waals surface area contributed by atoms with Crippen LogP contribution in [0.15, 0.2) is 0 Å². The predicted octanol–water partition coefficient (Wildman–Crippen LogP) is -5.83. The molecule has 0 rings (SSSR count). The van der Waals surface area contributed by atoms with Gasteiger partial charge in [0.25, 0.3) is 0 Å². The second-order valence-corrected chi connectivity index (χ2v) is 4.00. The van der Waals surface area contributed by atoms with Gasteiger partial charge in [0.15, 0.2) is 0 Å². The first kappa shape index (κ1) is 34.7. The number of carbonyl (C=O) groups is 2. The summed E-state index contributed by atoms with van der Waals surface area (Å²) in [4.78, 5) is 20.0. The molecule has 0 amide bonds. The van der Waals surface area contributed by atoms with E-state index >= 15 is 0 Å². The van der Waals surface area contributed by atoms with E-state index in [1.54, 1.807) is 9.47 Å². The van der Waals surface area contributed by atoms with Crippen LogP contribution in [0.3, 0.4) is 0 Å². The van der Waals surface area contributed by atoms with Gasteiger partial charge < -0.3 is 19.8 Å². The van der Waals surface area contributed by atoms with Gasteiger partial charge in [0.1, 0.15) is 11.9 Å². The molecule has 20 heteroatoms. The summed E-state index contributed by atoms with van der Waals surface area (Å²) in [6.07, 6.45) is -21.7. The Morgan fingerprint density at radius 1 is 0.536 bits per heavy atom. The smallest absolute Gasteiger partial charge is 0.544 e. The average Bonchev–Trinajstić information content (AvgIpc) is 2.33. The van der Waals surface area contributed by atoms with Gasteiger partial charge in [0, 0.05) is 0 Å². The normalized spacial score (nSPS) is 19.1. The van der Waals surface area contributed by atoms with Crippen LogP contribution in [0.25, 0.3) is 0 Å². The minimum Gasteiger partial charge on any atom is -0.544 e. The Labute approximate surface area is 262 Å². The van der Waals surface area contributed by atoms with Gasteiger partial charge in [0.05, 0.1) is 0 Å². The fraction of sp³-hybridized carbons (Fsp3) is 0.750. The molecule has 0 saturated heterocycles. The van der Waals surface area contributed by atoms with E-state index in [2.05, 4.69) is 0 Å². The Balaban J connectivity index is -0.00000312. The zero-order chi connectivity index (χ0) is 21.6. The molecule has 0 N–H and O–H groups in total. The molecular weight excluding hydrogens is 686 g/mol. The summed E-state index contributed by atoms with van der Waals surface area (Å²) >= 11 is 0. The standard InChI is InChI=1S/C8H2F12O6.2Cs/c9-3(1(21)22,5(11,12)13)25-8(20,7(17,18)19)26-4(10,2(23)24)6(14,15)16;;/h(H,21,22)(H,23,24);;/q;2*+1/p-2. The number of carboxylic acid groups (broad SMARTS) is 2. The van der Waals surface area contributed by atoms with Gasteiger partial charge in [-0.3, -0.25) is 9.47 Å². The van der Waals surface area contributed by atoms with Crippen molar-refractivity contribution in [2.24, 2.45) is 0 Å². The van der Waals surface area contributed by atoms with E-state index in [-0.39, 0.29) is 138 Å². The third-order valence-corrected chi connectivity index (χ3v) is 2.14. The Morgan fingerprint density at radius 3 is 0.857 bits per heavy atom. The molecule has 0 aromatic heterocycles. The second-order valence-electron chi connectivity index (χ2n) is 4.00. The van der Waals surface area contributed by atoms with Crippen molar-refractivity contribution in [1.82, 2.24) is 0 Å². The topological polar surface area (TPSA) is 98.7 Å². The third kappa shape index (κ3) is 7.33. The average molecular weight is 686 g/mol. The fourth-order valence-electron chi connectivity index (χ4n) is 0.929. The number of hydrogen-bond acceptors (Lipinski definition) is 6. The Kier molecular flexibility index (Phi) is 13.4. The summed E-state index contributed by atoms with van der Waals surface area (Å²) in [5.74, 6) is -22.4. The van der Waals surface area contributed by atoms with Gasteiger partial charge in [-0.2, -0.15) is 52.7 Å². The van der Waals surface area contributed by atoms with Gasteiger partial charge >= 0.3 is 174 Å². The summed E-state index contributed by atoms with van der Waals surface area (Å²) in [5.41, 5.74) is 0. The van der Waals surface area contributed by atoms with Crippen LogP contribution < -0.4 is 148 Å². The van der Waals surface area contributed by atoms with Gasteiger partial charge in [-0.15, -0.1) is 0 Å². The van der Waals surface area contributed by atoms with Crippen LogP contribution in [-0.2, 0) is 19.1 Å². The molecule has 0 aromatic rings. The first-order valence-electron chi connectivity index (χ1n) is 5.15. The largest absolute Gasteiger partial charge is 1.00 e. The molecule has 2 atom stereocenters. The van der Waals surface area contributed by atoms with Crippen LogP contribution >= 0.6 is 0 Å². The van der Waals surface area contributed by atoms with Crippen LogP contribution in [0.4, 0.5) is 52.7 Å². The minimum atomic E-state index is -7.40. The van der Waals surface area contributed by atoms with Gasteiger partial charge in [-0.25, -0.2) is 0 Å². The van der Waals surface area contributed by atoms with Gasteiger partial charge in [0.2, 0.25) is 0 Å². The van der Waals surface area contributed by atoms with E-state index in [0.717, 1.165) is 0 Å². The molecule has 6 nitrogen and oxygen atoms in total. The number of rotatable bonds is 6. The van der Waals surface area contributed by atoms with Crippen LogP contribution in [0.5, 0.6) is 0 Å². The van der Waals surface area contributed by atoms with Crippen LogP contribution in [0.2, 0.25) is 0 Å². The van der Waals surface area contributed by atoms with Crippen molar-refractivity contribution >= 4 is 11.9 Å². The van der Waals surface area contributed by atoms with Crippen LogP contribution in [-0.4, -0.2) is 48.2 Å². The molecule has 154 valence electrons. The number of carboxylic acids is 2. The van der Waals surface area contributed by atoms with Crippen molar-refractivity contribution < 1.29 is 220 Å². The van der Waals surface area contributed by atoms with Crippen molar-refractivity contribution in [2.75, 3.05) is 0 Å². The third-order valence-electron chi connectivity index (χ3n) is 2.14. The van der Waals surface area contributed by atoms with Crippen molar-refractivity contribution in [2.45, 2.75) is 36.3 Å². The van der Waals surface area contributed by atoms with Crippen molar-refractivity contribution in [1.29, 1.82) is 0 Å². The molecule has 0 bridgehead atoms. The molecule has 2 unspecified atom stereocenters. The molecule has 0 radical (unpaired) electrons. The summed E-state index contributed by atoms with van der Waals surface area (Å²) in [7, 11) is 0. The molecule has 0 spiro atoms. The monoisotopic (exact) mass is 686 g/mol. The molecule has 0 fully saturated rings. The van der Waals surface area contributed by atoms with Crippen molar-refractivity contribution in [3.8, 4) is 0 Å². The SMILES string of the molecule is O=C([O-])C(F)(OC(F)(OC(F)(C(=O)[O-])C(F)(F)F)C(F)(F)F)C(F)(F)F.[Cs+].[Cs+]. The second kappa shape index (κ2) is 10.8. The van der Waals surface area contributed by atoms with E-state index in [1.165, 1.54) is 0 Å². The van der Waals surface area contributed by atoms with E-state index in [0.29, 0.717) is 0 Å². The first-order chi connectivity index (χ1) is 11.1. The number of alkyl halides is 12. The Morgan fingerprint density at radius 2 is 0.750 bits per heavy atom. The molecule has 0 aromatic carbocycles. The zero-order valence-corrected chi connectivity index (χ0v) is 25.5. The molecule has 0 saturated carbocycles. The molecule has 0 aliphatic rings. The van der Waals surface area contributed by atoms with Crippen molar-refractivity contribution in [3.63, 3.8) is 0 Å². The minimum absolute atomic E-state index is 0. The summed E-state index contributed by atoms with van der Waals surface area (Å²) < 4.78 is 153. The van der Waals surface area contributed by atoms with E-state index in [1.807, 2.05) is 0 Å². The Bertz CT molecular complexity index is 536. The van der Waals surface area contributed by atoms with Gasteiger partial charge in [-0.05, 0) is 0 Å². The zero-order valence-electron chi connectivity index (χ0n) is 13.0. The summed E-state index contributed by atoms with van der Waals surface area (Å²) in [6.45, 7) is 0. The number of halogens is 12. The number of aliphatic carboxylic acids is 2. The van der Waals surface area contributed by atoms with E-state index in [4.69, 9.17) is 0 Å². The molecule has 0 aliphatic carbocycles. The maximum atomic E-state index is 13.4. The van der Waals surface area contributed by atoms with E-state index in [9.17, 15) is 72.5 Å². The molecule has 0 aliphatic heterocycles. The maximum absolute atomic E-state index is 13.4. The number of carbonyl (C=O) groups excluding carboxylic acids is 2. The number of hydrogen-bond donors (Lipinski definition) is 0. The van der Waals surface area contributed by atoms with Crippen LogP contribution in [0.1, 0.15) is 0 Å². The quantitative estimate of drug-likeness (QED) is 0.204. The maximum Gasteiger partial charge on any atom is 1.00 e. The predicted molar refractivity (Wildman–Crippen MR) is 41.9 cm³/mol. The number of ether oxygens (including phenoxy) is 2. The molecule has 0 heterocycles. The summed E-state index contributed by atoms with van der Waals surface area (Å²) in [5, 5.41) is 20.0. The van der Waals surface area contributed by atoms with Crippen LogP contribution in [0, 0.1) is 0 Å². The Hall–Kier alpha value is 2.12. The molecular formula is C8Cs2F12O6.